The molecule has 0 spiro atoms. The molecule has 0 aliphatic heterocycles. The molecular formula is C15H28F2O2S. The first kappa shape index (κ1) is 19.7. The van der Waals surface area contributed by atoms with Crippen LogP contribution in [0.2, 0.25) is 0 Å². The molecule has 1 unspecified atom stereocenters. The van der Waals surface area contributed by atoms with Gasteiger partial charge in [0.15, 0.2) is 0 Å². The van der Waals surface area contributed by atoms with E-state index in [0.717, 1.165) is 12.2 Å². The van der Waals surface area contributed by atoms with E-state index in [4.69, 9.17) is 4.74 Å². The Labute approximate surface area is 126 Å². The quantitative estimate of drug-likeness (QED) is 0.400. The SMILES string of the molecule is CCCOC(=O)C(SCCCCC(F)(F)CC)C(C)C. The van der Waals surface area contributed by atoms with Crippen molar-refractivity contribution in [3.8, 4) is 0 Å². The smallest absolute Gasteiger partial charge is 0.319 e. The molecule has 0 fully saturated rings. The number of ether oxygens (including phenoxy) is 1. The number of hydrogen-bond acceptors (Lipinski definition) is 3. The van der Waals surface area contributed by atoms with E-state index in [1.807, 2.05) is 20.8 Å². The standard InChI is InChI=1S/C15H28F2O2S/c1-5-10-19-14(18)13(12(3)4)20-11-8-7-9-15(16,17)6-2/h12-13H,5-11H2,1-4H3. The maximum absolute atomic E-state index is 13.1. The molecule has 20 heavy (non-hydrogen) atoms. The average Bonchev–Trinajstić information content (AvgIpc) is 2.39. The largest absolute Gasteiger partial charge is 0.465 e. The minimum Gasteiger partial charge on any atom is -0.465 e. The van der Waals surface area contributed by atoms with Gasteiger partial charge in [-0.2, -0.15) is 0 Å². The van der Waals surface area contributed by atoms with Crippen molar-refractivity contribution in [2.45, 2.75) is 71.0 Å². The van der Waals surface area contributed by atoms with Crippen LogP contribution in [0.5, 0.6) is 0 Å². The number of alkyl halides is 2. The lowest BCUT2D eigenvalue weighted by molar-refractivity contribution is -0.143. The molecule has 0 saturated carbocycles. The van der Waals surface area contributed by atoms with Crippen LogP contribution in [0.3, 0.4) is 0 Å². The normalized spacial score (nSPS) is 13.6. The lowest BCUT2D eigenvalue weighted by Crippen LogP contribution is -2.26. The zero-order chi connectivity index (χ0) is 15.6. The van der Waals surface area contributed by atoms with Crippen LogP contribution in [-0.4, -0.2) is 29.5 Å². The maximum atomic E-state index is 13.1. The Hall–Kier alpha value is -0.320. The molecule has 0 saturated heterocycles. The van der Waals surface area contributed by atoms with Gasteiger partial charge in [0.2, 0.25) is 5.92 Å². The third kappa shape index (κ3) is 8.77. The molecule has 0 amide bonds. The van der Waals surface area contributed by atoms with Crippen molar-refractivity contribution in [1.82, 2.24) is 0 Å². The summed E-state index contributed by atoms with van der Waals surface area (Å²) in [7, 11) is 0. The van der Waals surface area contributed by atoms with Gasteiger partial charge in [-0.15, -0.1) is 11.8 Å². The summed E-state index contributed by atoms with van der Waals surface area (Å²) in [5.74, 6) is -1.79. The number of carbonyl (C=O) groups is 1. The number of rotatable bonds is 11. The summed E-state index contributed by atoms with van der Waals surface area (Å²) in [6, 6.07) is 0. The molecule has 0 rings (SSSR count). The Morgan fingerprint density at radius 1 is 1.25 bits per heavy atom. The molecule has 0 N–H and O–H groups in total. The van der Waals surface area contributed by atoms with Gasteiger partial charge in [-0.1, -0.05) is 27.7 Å². The van der Waals surface area contributed by atoms with Crippen LogP contribution >= 0.6 is 11.8 Å². The van der Waals surface area contributed by atoms with Crippen LogP contribution in [0.4, 0.5) is 8.78 Å². The summed E-state index contributed by atoms with van der Waals surface area (Å²) in [4.78, 5) is 11.8. The third-order valence-corrected chi connectivity index (χ3v) is 4.66. The van der Waals surface area contributed by atoms with Crippen molar-refractivity contribution in [3.05, 3.63) is 0 Å². The van der Waals surface area contributed by atoms with Crippen LogP contribution in [0.1, 0.15) is 59.8 Å². The van der Waals surface area contributed by atoms with E-state index in [1.165, 1.54) is 18.7 Å². The second kappa shape index (κ2) is 10.4. The van der Waals surface area contributed by atoms with Gasteiger partial charge < -0.3 is 4.74 Å². The first-order valence-electron chi connectivity index (χ1n) is 7.50. The summed E-state index contributed by atoms with van der Waals surface area (Å²) in [6.45, 7) is 7.88. The second-order valence-electron chi connectivity index (χ2n) is 5.37. The summed E-state index contributed by atoms with van der Waals surface area (Å²) >= 11 is 1.53. The highest BCUT2D eigenvalue weighted by Crippen LogP contribution is 2.27. The van der Waals surface area contributed by atoms with E-state index in [1.54, 1.807) is 0 Å². The topological polar surface area (TPSA) is 26.3 Å². The van der Waals surface area contributed by atoms with Gasteiger partial charge in [-0.05, 0) is 30.9 Å². The number of hydrogen-bond donors (Lipinski definition) is 0. The van der Waals surface area contributed by atoms with E-state index >= 15 is 0 Å². The molecule has 120 valence electrons. The number of esters is 1. The monoisotopic (exact) mass is 310 g/mol. The molecule has 0 heterocycles. The fourth-order valence-electron chi connectivity index (χ4n) is 1.69. The average molecular weight is 310 g/mol. The van der Waals surface area contributed by atoms with E-state index in [2.05, 4.69) is 0 Å². The molecule has 5 heteroatoms. The fraction of sp³-hybridized carbons (Fsp3) is 0.933. The van der Waals surface area contributed by atoms with E-state index in [0.29, 0.717) is 19.4 Å². The highest BCUT2D eigenvalue weighted by atomic mass is 32.2. The molecule has 0 aliphatic carbocycles. The maximum Gasteiger partial charge on any atom is 0.319 e. The minimum atomic E-state index is -2.54. The second-order valence-corrected chi connectivity index (χ2v) is 6.62. The fourth-order valence-corrected chi connectivity index (χ4v) is 2.90. The van der Waals surface area contributed by atoms with Gasteiger partial charge in [0.1, 0.15) is 5.25 Å². The predicted molar refractivity (Wildman–Crippen MR) is 81.4 cm³/mol. The molecule has 1 atom stereocenters. The van der Waals surface area contributed by atoms with Crippen molar-refractivity contribution in [2.24, 2.45) is 5.92 Å². The van der Waals surface area contributed by atoms with Gasteiger partial charge in [0, 0.05) is 12.8 Å². The Bertz CT molecular complexity index is 271. The molecule has 0 aromatic heterocycles. The summed E-state index contributed by atoms with van der Waals surface area (Å²) in [5.41, 5.74) is 0. The lowest BCUT2D eigenvalue weighted by atomic mass is 10.1. The lowest BCUT2D eigenvalue weighted by Gasteiger charge is -2.19. The zero-order valence-corrected chi connectivity index (χ0v) is 13.9. The van der Waals surface area contributed by atoms with Crippen LogP contribution in [0.15, 0.2) is 0 Å². The summed E-state index contributed by atoms with van der Waals surface area (Å²) < 4.78 is 31.3. The van der Waals surface area contributed by atoms with Crippen molar-refractivity contribution in [1.29, 1.82) is 0 Å². The van der Waals surface area contributed by atoms with Crippen molar-refractivity contribution in [2.75, 3.05) is 12.4 Å². The van der Waals surface area contributed by atoms with Crippen LogP contribution in [0.25, 0.3) is 0 Å². The van der Waals surface area contributed by atoms with Crippen molar-refractivity contribution >= 4 is 17.7 Å². The highest BCUT2D eigenvalue weighted by molar-refractivity contribution is 8.00. The summed E-state index contributed by atoms with van der Waals surface area (Å²) in [6.07, 6.45) is 1.87. The Morgan fingerprint density at radius 3 is 2.40 bits per heavy atom. The Kier molecular flexibility index (Phi) is 10.2. The molecular weight excluding hydrogens is 282 g/mol. The highest BCUT2D eigenvalue weighted by Gasteiger charge is 2.26. The molecule has 0 bridgehead atoms. The molecule has 2 nitrogen and oxygen atoms in total. The van der Waals surface area contributed by atoms with E-state index < -0.39 is 5.92 Å². The molecule has 0 radical (unpaired) electrons. The predicted octanol–water partition coefficient (Wildman–Crippen LogP) is 4.91. The first-order chi connectivity index (χ1) is 9.34. The number of halogens is 2. The Morgan fingerprint density at radius 2 is 1.90 bits per heavy atom. The number of unbranched alkanes of at least 4 members (excludes halogenated alkanes) is 1. The van der Waals surface area contributed by atoms with Crippen LogP contribution in [0, 0.1) is 5.92 Å². The van der Waals surface area contributed by atoms with E-state index in [9.17, 15) is 13.6 Å². The molecule has 0 aliphatic rings. The summed E-state index contributed by atoms with van der Waals surface area (Å²) in [5, 5.41) is -0.187. The zero-order valence-electron chi connectivity index (χ0n) is 13.1. The number of thioether (sulfide) groups is 1. The van der Waals surface area contributed by atoms with E-state index in [-0.39, 0.29) is 30.0 Å². The Balaban J connectivity index is 3.96. The van der Waals surface area contributed by atoms with Gasteiger partial charge in [0.25, 0.3) is 0 Å². The minimum absolute atomic E-state index is 0.0588. The van der Waals surface area contributed by atoms with Crippen molar-refractivity contribution < 1.29 is 18.3 Å². The van der Waals surface area contributed by atoms with Gasteiger partial charge >= 0.3 is 5.97 Å². The van der Waals surface area contributed by atoms with Crippen molar-refractivity contribution in [3.63, 3.8) is 0 Å². The van der Waals surface area contributed by atoms with Gasteiger partial charge in [-0.3, -0.25) is 4.79 Å². The van der Waals surface area contributed by atoms with Gasteiger partial charge in [0.05, 0.1) is 6.61 Å². The number of carbonyl (C=O) groups excluding carboxylic acids is 1. The third-order valence-electron chi connectivity index (χ3n) is 3.04. The molecule has 0 aromatic carbocycles. The first-order valence-corrected chi connectivity index (χ1v) is 8.55. The van der Waals surface area contributed by atoms with Crippen LogP contribution in [-0.2, 0) is 9.53 Å². The van der Waals surface area contributed by atoms with Gasteiger partial charge in [-0.25, -0.2) is 8.78 Å². The van der Waals surface area contributed by atoms with Crippen LogP contribution < -0.4 is 0 Å². The molecule has 0 aromatic rings.